The Morgan fingerprint density at radius 1 is 1.48 bits per heavy atom. The van der Waals surface area contributed by atoms with Crippen LogP contribution in [0.5, 0.6) is 0 Å². The van der Waals surface area contributed by atoms with Crippen molar-refractivity contribution in [3.8, 4) is 0 Å². The monoisotopic (exact) mass is 336 g/mol. The number of urea groups is 1. The minimum absolute atomic E-state index is 0. The molecule has 0 aliphatic carbocycles. The minimum atomic E-state index is -1.32. The van der Waals surface area contributed by atoms with Crippen molar-refractivity contribution < 1.29 is 66.1 Å². The number of nitrogens with zero attached hydrogens (tertiary/aromatic N) is 3. The first-order chi connectivity index (χ1) is 9.43. The Balaban J connectivity index is 0.00000400. The average Bonchev–Trinajstić information content (AvgIpc) is 2.84. The van der Waals surface area contributed by atoms with Gasteiger partial charge >= 0.3 is 57.4 Å². The number of carbonyl (C=O) groups is 2. The second kappa shape index (κ2) is 10.4. The summed E-state index contributed by atoms with van der Waals surface area (Å²) >= 11 is 1.42. The molecular weight excluding hydrogens is 319 g/mol. The van der Waals surface area contributed by atoms with Crippen LogP contribution in [0.4, 0.5) is 4.79 Å². The van der Waals surface area contributed by atoms with Gasteiger partial charge in [0.1, 0.15) is 10.0 Å². The van der Waals surface area contributed by atoms with Crippen molar-refractivity contribution >= 4 is 23.3 Å². The molecule has 7 nitrogen and oxygen atoms in total. The minimum Gasteiger partial charge on any atom is -0.548 e. The summed E-state index contributed by atoms with van der Waals surface area (Å²) in [6.07, 6.45) is 1.45. The van der Waals surface area contributed by atoms with Gasteiger partial charge in [0, 0.05) is 12.5 Å². The predicted octanol–water partition coefficient (Wildman–Crippen LogP) is -2.89. The van der Waals surface area contributed by atoms with Gasteiger partial charge < -0.3 is 20.1 Å². The number of carboxylic acids is 1. The molecule has 0 radical (unpaired) electrons. The van der Waals surface area contributed by atoms with Gasteiger partial charge in [-0.1, -0.05) is 31.3 Å². The quantitative estimate of drug-likeness (QED) is 0.426. The summed E-state index contributed by atoms with van der Waals surface area (Å²) in [4.78, 5) is 23.5. The Hall–Kier alpha value is -0.324. The number of aliphatic carboxylic acids is 1. The molecule has 1 aromatic heterocycles. The van der Waals surface area contributed by atoms with E-state index in [1.165, 1.54) is 17.4 Å². The molecule has 0 unspecified atom stereocenters. The Bertz CT molecular complexity index is 493. The van der Waals surface area contributed by atoms with Gasteiger partial charge in [-0.2, -0.15) is 0 Å². The van der Waals surface area contributed by atoms with Crippen LogP contribution in [0.2, 0.25) is 0 Å². The fourth-order valence-electron chi connectivity index (χ4n) is 1.37. The molecule has 0 fully saturated rings. The van der Waals surface area contributed by atoms with Crippen molar-refractivity contribution in [1.29, 1.82) is 0 Å². The van der Waals surface area contributed by atoms with E-state index < -0.39 is 18.5 Å². The summed E-state index contributed by atoms with van der Waals surface area (Å²) in [5.41, 5.74) is 0. The van der Waals surface area contributed by atoms with Crippen LogP contribution < -0.4 is 61.8 Å². The third-order valence-electron chi connectivity index (χ3n) is 2.32. The molecule has 110 valence electrons. The van der Waals surface area contributed by atoms with E-state index in [0.717, 1.165) is 9.91 Å². The second-order valence-corrected chi connectivity index (χ2v) is 5.48. The smallest absolute Gasteiger partial charge is 0.548 e. The standard InChI is InChI=1S/C12H18N4O3S.K/c1-4-5-16(7-10(17)18)12(19)13-6-9-14-15-11(20-9)8(2)3;/h4,8H,1,5-7H2,2-3H3,(H,13,19)(H,17,18);/q;+1/p-1. The Labute approximate surface area is 170 Å². The molecule has 0 spiro atoms. The molecule has 0 aromatic carbocycles. The third kappa shape index (κ3) is 7.48. The summed E-state index contributed by atoms with van der Waals surface area (Å²) in [6.45, 7) is 7.36. The van der Waals surface area contributed by atoms with Crippen LogP contribution in [0.3, 0.4) is 0 Å². The molecule has 9 heteroatoms. The van der Waals surface area contributed by atoms with Crippen molar-refractivity contribution in [2.75, 3.05) is 13.1 Å². The maximum absolute atomic E-state index is 11.8. The zero-order chi connectivity index (χ0) is 15.1. The van der Waals surface area contributed by atoms with Gasteiger partial charge in [-0.25, -0.2) is 4.79 Å². The summed E-state index contributed by atoms with van der Waals surface area (Å²) in [6, 6.07) is -0.504. The maximum atomic E-state index is 11.8. The maximum Gasteiger partial charge on any atom is 1.00 e. The molecule has 2 amide bonds. The van der Waals surface area contributed by atoms with Crippen molar-refractivity contribution in [3.05, 3.63) is 22.7 Å². The van der Waals surface area contributed by atoms with Gasteiger partial charge in [-0.3, -0.25) is 0 Å². The molecule has 0 bridgehead atoms. The second-order valence-electron chi connectivity index (χ2n) is 4.39. The third-order valence-corrected chi connectivity index (χ3v) is 3.55. The number of aromatic nitrogens is 2. The van der Waals surface area contributed by atoms with Gasteiger partial charge in [-0.15, -0.1) is 16.8 Å². The first-order valence-electron chi connectivity index (χ1n) is 6.09. The molecule has 1 N–H and O–H groups in total. The van der Waals surface area contributed by atoms with E-state index >= 15 is 0 Å². The van der Waals surface area contributed by atoms with E-state index in [2.05, 4.69) is 22.1 Å². The summed E-state index contributed by atoms with van der Waals surface area (Å²) in [7, 11) is 0. The molecule has 0 saturated carbocycles. The predicted molar refractivity (Wildman–Crippen MR) is 73.0 cm³/mol. The SMILES string of the molecule is C=CCN(CC(=O)[O-])C(=O)NCc1nnc(C(C)C)s1.[K+]. The first-order valence-corrected chi connectivity index (χ1v) is 6.91. The van der Waals surface area contributed by atoms with Crippen molar-refractivity contribution in [1.82, 2.24) is 20.4 Å². The van der Waals surface area contributed by atoms with Crippen LogP contribution in [0.25, 0.3) is 0 Å². The molecule has 0 aliphatic heterocycles. The van der Waals surface area contributed by atoms with E-state index in [1.54, 1.807) is 0 Å². The number of hydrogen-bond donors (Lipinski definition) is 1. The largest absolute Gasteiger partial charge is 1.00 e. The van der Waals surface area contributed by atoms with Crippen LogP contribution in [-0.2, 0) is 11.3 Å². The first kappa shape index (κ1) is 20.7. The summed E-state index contributed by atoms with van der Waals surface area (Å²) in [5, 5.41) is 22.7. The van der Waals surface area contributed by atoms with Crippen LogP contribution in [-0.4, -0.2) is 40.2 Å². The van der Waals surface area contributed by atoms with Crippen molar-refractivity contribution in [2.45, 2.75) is 26.3 Å². The van der Waals surface area contributed by atoms with E-state index in [-0.39, 0.29) is 70.4 Å². The molecule has 0 atom stereocenters. The summed E-state index contributed by atoms with van der Waals surface area (Å²) < 4.78 is 0. The number of carboxylic acid groups (broad SMARTS) is 1. The normalized spacial score (nSPS) is 9.86. The number of nitrogens with one attached hydrogen (secondary N) is 1. The van der Waals surface area contributed by atoms with Crippen LogP contribution in [0.15, 0.2) is 12.7 Å². The summed E-state index contributed by atoms with van der Waals surface area (Å²) in [5.74, 6) is -1.03. The van der Waals surface area contributed by atoms with Crippen molar-refractivity contribution in [2.24, 2.45) is 0 Å². The molecule has 1 rings (SSSR count). The van der Waals surface area contributed by atoms with Crippen LogP contribution >= 0.6 is 11.3 Å². The molecule has 21 heavy (non-hydrogen) atoms. The van der Waals surface area contributed by atoms with E-state index in [1.807, 2.05) is 13.8 Å². The molecular formula is C12H17KN4O3S. The molecule has 0 saturated heterocycles. The molecule has 1 heterocycles. The topological polar surface area (TPSA) is 98.2 Å². The number of carbonyl (C=O) groups excluding carboxylic acids is 2. The van der Waals surface area contributed by atoms with E-state index in [4.69, 9.17) is 0 Å². The molecule has 1 aromatic rings. The zero-order valence-electron chi connectivity index (χ0n) is 12.5. The fourth-order valence-corrected chi connectivity index (χ4v) is 2.15. The average molecular weight is 336 g/mol. The van der Waals surface area contributed by atoms with Gasteiger partial charge in [-0.05, 0) is 0 Å². The number of hydrogen-bond acceptors (Lipinski definition) is 6. The Kier molecular flexibility index (Phi) is 10.2. The van der Waals surface area contributed by atoms with Gasteiger partial charge in [0.25, 0.3) is 0 Å². The Morgan fingerprint density at radius 2 is 2.14 bits per heavy atom. The van der Waals surface area contributed by atoms with E-state index in [0.29, 0.717) is 5.01 Å². The van der Waals surface area contributed by atoms with Gasteiger partial charge in [0.2, 0.25) is 0 Å². The van der Waals surface area contributed by atoms with Crippen LogP contribution in [0, 0.1) is 0 Å². The zero-order valence-corrected chi connectivity index (χ0v) is 16.4. The number of amides is 2. The van der Waals surface area contributed by atoms with Crippen LogP contribution in [0.1, 0.15) is 29.8 Å². The number of rotatable bonds is 7. The van der Waals surface area contributed by atoms with Gasteiger partial charge in [0.15, 0.2) is 0 Å². The fraction of sp³-hybridized carbons (Fsp3) is 0.500. The van der Waals surface area contributed by atoms with Crippen molar-refractivity contribution in [3.63, 3.8) is 0 Å². The van der Waals surface area contributed by atoms with Gasteiger partial charge in [0.05, 0.1) is 19.1 Å². The molecule has 0 aliphatic rings. The van der Waals surface area contributed by atoms with E-state index in [9.17, 15) is 14.7 Å². The Morgan fingerprint density at radius 3 is 2.62 bits per heavy atom.